The highest BCUT2D eigenvalue weighted by atomic mass is 19.1. The van der Waals surface area contributed by atoms with E-state index < -0.39 is 34.5 Å². The third-order valence-corrected chi connectivity index (χ3v) is 3.36. The van der Waals surface area contributed by atoms with Crippen molar-refractivity contribution in [3.8, 4) is 0 Å². The number of amides is 1. The van der Waals surface area contributed by atoms with Gasteiger partial charge in [0.15, 0.2) is 0 Å². The maximum absolute atomic E-state index is 14.1. The molecular formula is C13H11F2N3O3. The third kappa shape index (κ3) is 2.57. The summed E-state index contributed by atoms with van der Waals surface area (Å²) >= 11 is 0. The number of hydrogen-bond acceptors (Lipinski definition) is 3. The Kier molecular flexibility index (Phi) is 3.90. The van der Waals surface area contributed by atoms with Crippen molar-refractivity contribution in [1.29, 1.82) is 0 Å². The van der Waals surface area contributed by atoms with E-state index in [0.717, 1.165) is 6.07 Å². The molecule has 0 bridgehead atoms. The number of ether oxygens (including phenoxy) is 1. The molecule has 0 unspecified atom stereocenters. The molecule has 1 fully saturated rings. The smallest absolute Gasteiger partial charge is 0.341 e. The average molecular weight is 295 g/mol. The Bertz CT molecular complexity index is 665. The summed E-state index contributed by atoms with van der Waals surface area (Å²) in [6, 6.07) is 1.49. The molecule has 0 saturated heterocycles. The molecule has 21 heavy (non-hydrogen) atoms. The van der Waals surface area contributed by atoms with Crippen LogP contribution < -0.4 is 0 Å². The lowest BCUT2D eigenvalue weighted by Crippen LogP contribution is -2.21. The summed E-state index contributed by atoms with van der Waals surface area (Å²) in [7, 11) is 0. The fourth-order valence-corrected chi connectivity index (χ4v) is 2.14. The molecule has 0 aromatic heterocycles. The van der Waals surface area contributed by atoms with Crippen molar-refractivity contribution < 1.29 is 23.1 Å². The summed E-state index contributed by atoms with van der Waals surface area (Å²) < 4.78 is 32.6. The number of halogens is 2. The zero-order valence-corrected chi connectivity index (χ0v) is 11.1. The normalized spacial score (nSPS) is 15.0. The van der Waals surface area contributed by atoms with Gasteiger partial charge in [0.2, 0.25) is 5.91 Å². The van der Waals surface area contributed by atoms with Gasteiger partial charge in [0.25, 0.3) is 0 Å². The van der Waals surface area contributed by atoms with Crippen LogP contribution in [0.15, 0.2) is 17.2 Å². The topological polar surface area (TPSA) is 92.1 Å². The summed E-state index contributed by atoms with van der Waals surface area (Å²) in [5.74, 6) is -3.72. The van der Waals surface area contributed by atoms with Crippen LogP contribution in [-0.2, 0) is 14.9 Å². The number of rotatable bonds is 4. The van der Waals surface area contributed by atoms with Crippen LogP contribution in [0.4, 0.5) is 8.78 Å². The van der Waals surface area contributed by atoms with Crippen LogP contribution in [0.2, 0.25) is 0 Å². The second-order valence-electron chi connectivity index (χ2n) is 4.61. The molecular weight excluding hydrogens is 284 g/mol. The van der Waals surface area contributed by atoms with Crippen LogP contribution in [0, 0.1) is 11.6 Å². The van der Waals surface area contributed by atoms with Crippen molar-refractivity contribution in [3.05, 3.63) is 45.3 Å². The quantitative estimate of drug-likeness (QED) is 0.370. The number of hydrogen-bond donors (Lipinski definition) is 0. The van der Waals surface area contributed by atoms with Gasteiger partial charge in [-0.15, -0.1) is 0 Å². The summed E-state index contributed by atoms with van der Waals surface area (Å²) in [5.41, 5.74) is 6.23. The first-order chi connectivity index (χ1) is 9.96. The van der Waals surface area contributed by atoms with Gasteiger partial charge in [-0.25, -0.2) is 13.6 Å². The number of esters is 1. The van der Waals surface area contributed by atoms with Gasteiger partial charge in [0.05, 0.1) is 17.6 Å². The zero-order chi connectivity index (χ0) is 15.6. The number of carbonyl (C=O) groups is 2. The second-order valence-corrected chi connectivity index (χ2v) is 4.61. The van der Waals surface area contributed by atoms with E-state index in [1.54, 1.807) is 0 Å². The molecule has 1 aromatic carbocycles. The van der Waals surface area contributed by atoms with Crippen molar-refractivity contribution >= 4 is 11.9 Å². The first-order valence-corrected chi connectivity index (χ1v) is 6.22. The van der Waals surface area contributed by atoms with Crippen molar-refractivity contribution in [1.82, 2.24) is 0 Å². The first kappa shape index (κ1) is 14.9. The molecule has 0 N–H and O–H groups in total. The molecule has 1 saturated carbocycles. The summed E-state index contributed by atoms with van der Waals surface area (Å²) in [5, 5.41) is 2.95. The number of benzene rings is 1. The van der Waals surface area contributed by atoms with E-state index in [-0.39, 0.29) is 25.0 Å². The molecule has 1 aromatic rings. The standard InChI is InChI=1S/C13H11F2N3O3/c1-2-21-11(19)7-5-10(15)8(6-9(7)14)13(3-4-13)12(20)17-18-16/h5-6H,2-4H2,1H3. The lowest BCUT2D eigenvalue weighted by Gasteiger charge is -2.14. The lowest BCUT2D eigenvalue weighted by atomic mass is 9.93. The van der Waals surface area contributed by atoms with Crippen LogP contribution in [0.5, 0.6) is 0 Å². The fourth-order valence-electron chi connectivity index (χ4n) is 2.14. The molecule has 1 aliphatic rings. The number of carbonyl (C=O) groups excluding carboxylic acids is 2. The van der Waals surface area contributed by atoms with E-state index in [9.17, 15) is 18.4 Å². The van der Waals surface area contributed by atoms with Gasteiger partial charge in [0.1, 0.15) is 11.6 Å². The highest BCUT2D eigenvalue weighted by molar-refractivity contribution is 5.93. The number of azide groups is 1. The van der Waals surface area contributed by atoms with Crippen LogP contribution in [0.25, 0.3) is 10.4 Å². The van der Waals surface area contributed by atoms with E-state index >= 15 is 0 Å². The molecule has 0 spiro atoms. The zero-order valence-electron chi connectivity index (χ0n) is 11.1. The van der Waals surface area contributed by atoms with E-state index in [2.05, 4.69) is 14.8 Å². The Morgan fingerprint density at radius 1 is 1.38 bits per heavy atom. The van der Waals surface area contributed by atoms with E-state index in [1.165, 1.54) is 6.92 Å². The molecule has 6 nitrogen and oxygen atoms in total. The van der Waals surface area contributed by atoms with Gasteiger partial charge in [-0.2, -0.15) is 0 Å². The molecule has 1 aliphatic carbocycles. The molecule has 0 aliphatic heterocycles. The Morgan fingerprint density at radius 2 is 2.05 bits per heavy atom. The van der Waals surface area contributed by atoms with Crippen LogP contribution in [0.3, 0.4) is 0 Å². The highest BCUT2D eigenvalue weighted by Gasteiger charge is 2.52. The highest BCUT2D eigenvalue weighted by Crippen LogP contribution is 2.50. The largest absolute Gasteiger partial charge is 0.462 e. The van der Waals surface area contributed by atoms with E-state index in [4.69, 9.17) is 5.53 Å². The molecule has 0 atom stereocenters. The second kappa shape index (κ2) is 5.49. The first-order valence-electron chi connectivity index (χ1n) is 6.22. The van der Waals surface area contributed by atoms with Gasteiger partial charge in [-0.3, -0.25) is 4.79 Å². The van der Waals surface area contributed by atoms with Crippen molar-refractivity contribution in [2.24, 2.45) is 5.11 Å². The van der Waals surface area contributed by atoms with E-state index in [1.807, 2.05) is 0 Å². The fraction of sp³-hybridized carbons (Fsp3) is 0.385. The van der Waals surface area contributed by atoms with Gasteiger partial charge < -0.3 is 4.74 Å². The average Bonchev–Trinajstić information content (AvgIpc) is 3.23. The number of nitrogens with zero attached hydrogens (tertiary/aromatic N) is 3. The van der Waals surface area contributed by atoms with Crippen molar-refractivity contribution in [2.75, 3.05) is 6.61 Å². The molecule has 0 heterocycles. The van der Waals surface area contributed by atoms with Crippen LogP contribution >= 0.6 is 0 Å². The van der Waals surface area contributed by atoms with Gasteiger partial charge >= 0.3 is 5.97 Å². The lowest BCUT2D eigenvalue weighted by molar-refractivity contribution is -0.120. The van der Waals surface area contributed by atoms with Crippen molar-refractivity contribution in [3.63, 3.8) is 0 Å². The van der Waals surface area contributed by atoms with E-state index in [0.29, 0.717) is 6.07 Å². The predicted molar refractivity (Wildman–Crippen MR) is 67.4 cm³/mol. The van der Waals surface area contributed by atoms with Gasteiger partial charge in [-0.05, 0) is 42.5 Å². The minimum absolute atomic E-state index is 0.0287. The van der Waals surface area contributed by atoms with Crippen LogP contribution in [-0.4, -0.2) is 18.5 Å². The summed E-state index contributed by atoms with van der Waals surface area (Å²) in [6.07, 6.45) is 0.528. The summed E-state index contributed by atoms with van der Waals surface area (Å²) in [4.78, 5) is 25.6. The monoisotopic (exact) mass is 295 g/mol. The minimum Gasteiger partial charge on any atom is -0.462 e. The summed E-state index contributed by atoms with van der Waals surface area (Å²) in [6.45, 7) is 1.57. The maximum Gasteiger partial charge on any atom is 0.341 e. The Balaban J connectivity index is 2.44. The Morgan fingerprint density at radius 3 is 2.57 bits per heavy atom. The molecule has 8 heteroatoms. The van der Waals surface area contributed by atoms with Gasteiger partial charge in [0, 0.05) is 10.5 Å². The molecule has 2 rings (SSSR count). The van der Waals surface area contributed by atoms with Gasteiger partial charge in [-0.1, -0.05) is 0 Å². The van der Waals surface area contributed by atoms with Crippen LogP contribution in [0.1, 0.15) is 35.7 Å². The third-order valence-electron chi connectivity index (χ3n) is 3.36. The predicted octanol–water partition coefficient (Wildman–Crippen LogP) is 3.01. The maximum atomic E-state index is 14.1. The SMILES string of the molecule is CCOC(=O)c1cc(F)c(C2(C(=O)N=[N+]=[N-])CC2)cc1F. The minimum atomic E-state index is -1.32. The Labute approximate surface area is 118 Å². The molecule has 0 radical (unpaired) electrons. The molecule has 1 amide bonds. The molecule has 110 valence electrons. The Hall–Kier alpha value is -2.47. The van der Waals surface area contributed by atoms with Crippen molar-refractivity contribution in [2.45, 2.75) is 25.2 Å².